The van der Waals surface area contributed by atoms with Gasteiger partial charge in [-0.3, -0.25) is 0 Å². The monoisotopic (exact) mass is 145 g/mol. The maximum absolute atomic E-state index is 2.18. The molecule has 0 bridgehead atoms. The molecule has 0 N–H and O–H groups in total. The van der Waals surface area contributed by atoms with Crippen molar-refractivity contribution in [2.75, 3.05) is 20.6 Å². The zero-order valence-corrected chi connectivity index (χ0v) is 8.44. The van der Waals surface area contributed by atoms with Crippen molar-refractivity contribution in [3.05, 3.63) is 0 Å². The van der Waals surface area contributed by atoms with Gasteiger partial charge in [0.15, 0.2) is 0 Å². The Kier molecular flexibility index (Phi) is 11.3. The molecule has 0 aromatic heterocycles. The van der Waals surface area contributed by atoms with Crippen LogP contribution in [0, 0.1) is 5.92 Å². The van der Waals surface area contributed by atoms with Crippen molar-refractivity contribution in [1.82, 2.24) is 4.90 Å². The normalized spacial score (nSPS) is 9.60. The molecule has 0 amide bonds. The third-order valence-electron chi connectivity index (χ3n) is 0.671. The molecule has 0 radical (unpaired) electrons. The van der Waals surface area contributed by atoms with E-state index in [0.717, 1.165) is 5.92 Å². The average Bonchev–Trinajstić information content (AvgIpc) is 1.62. The van der Waals surface area contributed by atoms with Crippen LogP contribution in [0.2, 0.25) is 0 Å². The second-order valence-electron chi connectivity index (χ2n) is 3.54. The first-order valence-corrected chi connectivity index (χ1v) is 4.15. The molecular formula is C9H23N. The first-order valence-electron chi connectivity index (χ1n) is 4.15. The molecule has 0 atom stereocenters. The van der Waals surface area contributed by atoms with Crippen LogP contribution in [0.5, 0.6) is 0 Å². The van der Waals surface area contributed by atoms with E-state index in [1.54, 1.807) is 0 Å². The Bertz CT molecular complexity index is 45.9. The summed E-state index contributed by atoms with van der Waals surface area (Å²) in [6.07, 6.45) is 1.26. The van der Waals surface area contributed by atoms with E-state index in [-0.39, 0.29) is 0 Å². The Morgan fingerprint density at radius 1 is 1.10 bits per heavy atom. The molecular weight excluding hydrogens is 122 g/mol. The fraction of sp³-hybridized carbons (Fsp3) is 1.00. The Morgan fingerprint density at radius 3 is 1.40 bits per heavy atom. The van der Waals surface area contributed by atoms with Gasteiger partial charge in [0, 0.05) is 0 Å². The molecule has 10 heavy (non-hydrogen) atoms. The highest BCUT2D eigenvalue weighted by Gasteiger charge is 1.79. The van der Waals surface area contributed by atoms with E-state index in [4.69, 9.17) is 0 Å². The maximum Gasteiger partial charge on any atom is -0.00275 e. The molecule has 0 spiro atoms. The van der Waals surface area contributed by atoms with Gasteiger partial charge in [-0.2, -0.15) is 0 Å². The van der Waals surface area contributed by atoms with E-state index < -0.39 is 0 Å². The van der Waals surface area contributed by atoms with Crippen molar-refractivity contribution >= 4 is 0 Å². The van der Waals surface area contributed by atoms with E-state index >= 15 is 0 Å². The minimum atomic E-state index is 0.833. The van der Waals surface area contributed by atoms with Crippen LogP contribution in [0.15, 0.2) is 0 Å². The molecule has 1 nitrogen and oxygen atoms in total. The predicted octanol–water partition coefficient (Wildman–Crippen LogP) is 2.62. The van der Waals surface area contributed by atoms with Gasteiger partial charge in [0.25, 0.3) is 0 Å². The molecule has 0 heterocycles. The maximum atomic E-state index is 2.18. The van der Waals surface area contributed by atoms with Crippen LogP contribution in [0.3, 0.4) is 0 Å². The largest absolute Gasteiger partial charge is 0.309 e. The lowest BCUT2D eigenvalue weighted by Crippen LogP contribution is -2.11. The quantitative estimate of drug-likeness (QED) is 0.577. The van der Waals surface area contributed by atoms with Crippen molar-refractivity contribution < 1.29 is 0 Å². The summed E-state index contributed by atoms with van der Waals surface area (Å²) in [6.45, 7) is 9.89. The fourth-order valence-corrected chi connectivity index (χ4v) is 0.447. The Morgan fingerprint density at radius 2 is 1.40 bits per heavy atom. The van der Waals surface area contributed by atoms with Gasteiger partial charge in [-0.25, -0.2) is 0 Å². The fourth-order valence-electron chi connectivity index (χ4n) is 0.447. The van der Waals surface area contributed by atoms with Crippen molar-refractivity contribution in [3.8, 4) is 0 Å². The summed E-state index contributed by atoms with van der Waals surface area (Å²) in [6, 6.07) is 0. The first kappa shape index (κ1) is 12.6. The second-order valence-corrected chi connectivity index (χ2v) is 3.54. The minimum absolute atomic E-state index is 0.833. The predicted molar refractivity (Wildman–Crippen MR) is 49.4 cm³/mol. The van der Waals surface area contributed by atoms with Gasteiger partial charge in [0.1, 0.15) is 0 Å². The summed E-state index contributed by atoms with van der Waals surface area (Å²) >= 11 is 0. The number of hydrogen-bond acceptors (Lipinski definition) is 1. The highest BCUT2D eigenvalue weighted by atomic mass is 15.0. The highest BCUT2D eigenvalue weighted by molar-refractivity contribution is 4.34. The summed E-state index contributed by atoms with van der Waals surface area (Å²) in [5.41, 5.74) is 0. The molecule has 0 aliphatic rings. The van der Waals surface area contributed by atoms with Crippen molar-refractivity contribution in [2.24, 2.45) is 5.92 Å². The van der Waals surface area contributed by atoms with E-state index in [9.17, 15) is 0 Å². The molecule has 0 aromatic carbocycles. The Hall–Kier alpha value is -0.0400. The van der Waals surface area contributed by atoms with Crippen LogP contribution in [0.4, 0.5) is 0 Å². The average molecular weight is 145 g/mol. The summed E-state index contributed by atoms with van der Waals surface area (Å²) in [4.78, 5) is 2.18. The number of hydrogen-bond donors (Lipinski definition) is 0. The van der Waals surface area contributed by atoms with Crippen LogP contribution >= 0.6 is 0 Å². The highest BCUT2D eigenvalue weighted by Crippen LogP contribution is 1.81. The molecule has 0 unspecified atom stereocenters. The lowest BCUT2D eigenvalue weighted by Gasteiger charge is -2.03. The number of rotatable bonds is 2. The third-order valence-corrected chi connectivity index (χ3v) is 0.671. The van der Waals surface area contributed by atoms with Gasteiger partial charge in [0.2, 0.25) is 0 Å². The summed E-state index contributed by atoms with van der Waals surface area (Å²) in [5.74, 6) is 0.833. The van der Waals surface area contributed by atoms with Gasteiger partial charge in [-0.1, -0.05) is 27.7 Å². The second kappa shape index (κ2) is 8.96. The zero-order chi connectivity index (χ0) is 8.57. The molecule has 0 aliphatic heterocycles. The van der Waals surface area contributed by atoms with Crippen molar-refractivity contribution in [2.45, 2.75) is 34.1 Å². The Balaban J connectivity index is 0. The van der Waals surface area contributed by atoms with Gasteiger partial charge < -0.3 is 4.90 Å². The molecule has 0 saturated carbocycles. The summed E-state index contributed by atoms with van der Waals surface area (Å²) in [5, 5.41) is 0. The third kappa shape index (κ3) is 44.0. The van der Waals surface area contributed by atoms with E-state index in [1.807, 2.05) is 0 Å². The zero-order valence-electron chi connectivity index (χ0n) is 8.44. The molecule has 0 aromatic rings. The standard InChI is InChI=1S/C5H13N.C4H10/c1-4-5-6(2)3;1-4(2)3/h4-5H2,1-3H3;4H,1-3H3. The topological polar surface area (TPSA) is 3.24 Å². The van der Waals surface area contributed by atoms with Crippen molar-refractivity contribution in [1.29, 1.82) is 0 Å². The molecule has 0 fully saturated rings. The molecule has 0 rings (SSSR count). The van der Waals surface area contributed by atoms with Crippen molar-refractivity contribution in [3.63, 3.8) is 0 Å². The lowest BCUT2D eigenvalue weighted by molar-refractivity contribution is 0.408. The van der Waals surface area contributed by atoms with E-state index in [0.29, 0.717) is 0 Å². The molecule has 64 valence electrons. The summed E-state index contributed by atoms with van der Waals surface area (Å²) < 4.78 is 0. The molecule has 0 saturated heterocycles. The van der Waals surface area contributed by atoms with Crippen LogP contribution in [-0.4, -0.2) is 25.5 Å². The van der Waals surface area contributed by atoms with E-state index in [1.165, 1.54) is 13.0 Å². The SMILES string of the molecule is CC(C)C.CCCN(C)C. The van der Waals surface area contributed by atoms with Crippen LogP contribution in [-0.2, 0) is 0 Å². The van der Waals surface area contributed by atoms with Crippen LogP contribution in [0.1, 0.15) is 34.1 Å². The Labute approximate surface area is 66.4 Å². The summed E-state index contributed by atoms with van der Waals surface area (Å²) in [7, 11) is 4.17. The number of nitrogens with zero attached hydrogens (tertiary/aromatic N) is 1. The minimum Gasteiger partial charge on any atom is -0.309 e. The van der Waals surface area contributed by atoms with Gasteiger partial charge >= 0.3 is 0 Å². The molecule has 1 heteroatoms. The van der Waals surface area contributed by atoms with Gasteiger partial charge in [0.05, 0.1) is 0 Å². The molecule has 0 aliphatic carbocycles. The van der Waals surface area contributed by atoms with Gasteiger partial charge in [-0.05, 0) is 33.0 Å². The lowest BCUT2D eigenvalue weighted by atomic mass is 10.3. The van der Waals surface area contributed by atoms with E-state index in [2.05, 4.69) is 46.7 Å². The van der Waals surface area contributed by atoms with Crippen LogP contribution < -0.4 is 0 Å². The first-order chi connectivity index (χ1) is 4.50. The smallest absolute Gasteiger partial charge is 0.00275 e. The van der Waals surface area contributed by atoms with Gasteiger partial charge in [-0.15, -0.1) is 0 Å². The van der Waals surface area contributed by atoms with Crippen LogP contribution in [0.25, 0.3) is 0 Å².